The van der Waals surface area contributed by atoms with Crippen LogP contribution in [0.15, 0.2) is 12.1 Å². The molecule has 0 N–H and O–H groups in total. The molecule has 1 aromatic rings. The van der Waals surface area contributed by atoms with Gasteiger partial charge in [-0.2, -0.15) is 0 Å². The minimum atomic E-state index is 0.116. The molecular weight excluding hydrogens is 286 g/mol. The van der Waals surface area contributed by atoms with E-state index >= 15 is 0 Å². The van der Waals surface area contributed by atoms with Gasteiger partial charge in [-0.15, -0.1) is 0 Å². The summed E-state index contributed by atoms with van der Waals surface area (Å²) in [4.78, 5) is 2.18. The average Bonchev–Trinajstić information content (AvgIpc) is 2.55. The summed E-state index contributed by atoms with van der Waals surface area (Å²) in [5, 5.41) is 0. The largest absolute Gasteiger partial charge is 0.493 e. The summed E-state index contributed by atoms with van der Waals surface area (Å²) < 4.78 is 27.3. The number of benzene rings is 1. The number of ether oxygens (including phenoxy) is 5. The van der Waals surface area contributed by atoms with Gasteiger partial charge >= 0.3 is 0 Å². The van der Waals surface area contributed by atoms with Crippen LogP contribution in [0.4, 0.5) is 0 Å². The fraction of sp³-hybridized carbons (Fsp3) is 0.625. The van der Waals surface area contributed by atoms with E-state index < -0.39 is 0 Å². The Morgan fingerprint density at radius 3 is 2.45 bits per heavy atom. The van der Waals surface area contributed by atoms with Gasteiger partial charge in [-0.3, -0.25) is 4.90 Å². The molecule has 1 aromatic carbocycles. The van der Waals surface area contributed by atoms with E-state index in [0.29, 0.717) is 37.1 Å². The van der Waals surface area contributed by atoms with Crippen molar-refractivity contribution in [2.24, 2.45) is 0 Å². The first-order valence-electron chi connectivity index (χ1n) is 7.35. The first-order valence-corrected chi connectivity index (χ1v) is 7.35. The summed E-state index contributed by atoms with van der Waals surface area (Å²) >= 11 is 0. The Balaban J connectivity index is 2.07. The van der Waals surface area contributed by atoms with E-state index in [0.717, 1.165) is 18.7 Å². The van der Waals surface area contributed by atoms with Crippen molar-refractivity contribution in [1.29, 1.82) is 0 Å². The van der Waals surface area contributed by atoms with Crippen molar-refractivity contribution in [3.63, 3.8) is 0 Å². The Morgan fingerprint density at radius 2 is 1.86 bits per heavy atom. The van der Waals surface area contributed by atoms with E-state index in [1.165, 1.54) is 0 Å². The third-order valence-electron chi connectivity index (χ3n) is 3.63. The van der Waals surface area contributed by atoms with Crippen LogP contribution in [0, 0.1) is 0 Å². The van der Waals surface area contributed by atoms with Gasteiger partial charge < -0.3 is 23.7 Å². The third kappa shape index (κ3) is 4.03. The van der Waals surface area contributed by atoms with Crippen molar-refractivity contribution in [2.45, 2.75) is 12.6 Å². The smallest absolute Gasteiger partial charge is 0.203 e. The van der Waals surface area contributed by atoms with Crippen LogP contribution in [0.3, 0.4) is 0 Å². The fourth-order valence-corrected chi connectivity index (χ4v) is 2.63. The lowest BCUT2D eigenvalue weighted by molar-refractivity contribution is -0.0963. The molecule has 1 aliphatic rings. The number of likely N-dealkylation sites (N-methyl/N-ethyl adjacent to an activating group) is 1. The van der Waals surface area contributed by atoms with Crippen LogP contribution < -0.4 is 14.2 Å². The maximum Gasteiger partial charge on any atom is 0.203 e. The molecule has 124 valence electrons. The minimum Gasteiger partial charge on any atom is -0.493 e. The summed E-state index contributed by atoms with van der Waals surface area (Å²) in [5.74, 6) is 1.98. The first-order chi connectivity index (χ1) is 10.7. The summed E-state index contributed by atoms with van der Waals surface area (Å²) in [5.41, 5.74) is 1.04. The van der Waals surface area contributed by atoms with Crippen molar-refractivity contribution in [3.8, 4) is 17.2 Å². The Morgan fingerprint density at radius 1 is 1.09 bits per heavy atom. The van der Waals surface area contributed by atoms with E-state index in [2.05, 4.69) is 4.90 Å². The van der Waals surface area contributed by atoms with Crippen molar-refractivity contribution < 1.29 is 23.7 Å². The topological polar surface area (TPSA) is 49.4 Å². The van der Waals surface area contributed by atoms with Crippen LogP contribution in [-0.2, 0) is 16.0 Å². The summed E-state index contributed by atoms with van der Waals surface area (Å²) in [6.07, 6.45) is 0.116. The lowest BCUT2D eigenvalue weighted by Gasteiger charge is -2.28. The van der Waals surface area contributed by atoms with E-state index in [1.54, 1.807) is 21.3 Å². The highest BCUT2D eigenvalue weighted by molar-refractivity contribution is 5.55. The second-order valence-corrected chi connectivity index (χ2v) is 5.26. The zero-order chi connectivity index (χ0) is 15.9. The standard InChI is InChI=1S/C16H25NO5/c1-17(10-13-11-21-7-8-22-13)9-12-5-6-14(18-2)16(20-4)15(12)19-3/h5-6,13H,7-11H2,1-4H3. The molecule has 22 heavy (non-hydrogen) atoms. The van der Waals surface area contributed by atoms with Gasteiger partial charge in [0.2, 0.25) is 5.75 Å². The van der Waals surface area contributed by atoms with Gasteiger partial charge in [0.25, 0.3) is 0 Å². The molecule has 1 fully saturated rings. The molecule has 1 heterocycles. The molecule has 1 saturated heterocycles. The van der Waals surface area contributed by atoms with Gasteiger partial charge in [0.15, 0.2) is 11.5 Å². The summed E-state index contributed by atoms with van der Waals surface area (Å²) in [7, 11) is 6.91. The Bertz CT molecular complexity index is 474. The molecule has 0 aliphatic carbocycles. The van der Waals surface area contributed by atoms with Crippen molar-refractivity contribution in [1.82, 2.24) is 4.90 Å². The number of nitrogens with zero attached hydrogens (tertiary/aromatic N) is 1. The molecule has 0 bridgehead atoms. The molecule has 6 heteroatoms. The third-order valence-corrected chi connectivity index (χ3v) is 3.63. The van der Waals surface area contributed by atoms with Crippen LogP contribution in [-0.4, -0.2) is 65.7 Å². The van der Waals surface area contributed by atoms with Gasteiger partial charge in [0.05, 0.1) is 47.3 Å². The lowest BCUT2D eigenvalue weighted by Crippen LogP contribution is -2.38. The highest BCUT2D eigenvalue weighted by Gasteiger charge is 2.20. The molecule has 6 nitrogen and oxygen atoms in total. The van der Waals surface area contributed by atoms with Gasteiger partial charge in [0, 0.05) is 18.7 Å². The molecule has 0 aromatic heterocycles. The number of hydrogen-bond donors (Lipinski definition) is 0. The Labute approximate surface area is 131 Å². The maximum atomic E-state index is 5.68. The zero-order valence-electron chi connectivity index (χ0n) is 13.8. The minimum absolute atomic E-state index is 0.116. The fourth-order valence-electron chi connectivity index (χ4n) is 2.63. The predicted octanol–water partition coefficient (Wildman–Crippen LogP) is 1.56. The van der Waals surface area contributed by atoms with E-state index in [-0.39, 0.29) is 6.10 Å². The van der Waals surface area contributed by atoms with Crippen molar-refractivity contribution in [2.75, 3.05) is 54.7 Å². The molecule has 0 radical (unpaired) electrons. The molecule has 1 atom stereocenters. The number of rotatable bonds is 7. The van der Waals surface area contributed by atoms with Gasteiger partial charge in [0.1, 0.15) is 0 Å². The van der Waals surface area contributed by atoms with Crippen molar-refractivity contribution >= 4 is 0 Å². The van der Waals surface area contributed by atoms with Gasteiger partial charge in [-0.05, 0) is 13.1 Å². The highest BCUT2D eigenvalue weighted by atomic mass is 16.6. The maximum absolute atomic E-state index is 5.68. The average molecular weight is 311 g/mol. The normalized spacial score (nSPS) is 18.3. The second-order valence-electron chi connectivity index (χ2n) is 5.26. The monoisotopic (exact) mass is 311 g/mol. The molecule has 0 saturated carbocycles. The van der Waals surface area contributed by atoms with Crippen LogP contribution >= 0.6 is 0 Å². The van der Waals surface area contributed by atoms with E-state index in [4.69, 9.17) is 23.7 Å². The zero-order valence-corrected chi connectivity index (χ0v) is 13.8. The lowest BCUT2D eigenvalue weighted by atomic mass is 10.1. The second kappa shape index (κ2) is 8.22. The molecule has 1 unspecified atom stereocenters. The van der Waals surface area contributed by atoms with E-state index in [9.17, 15) is 0 Å². The van der Waals surface area contributed by atoms with Gasteiger partial charge in [-0.1, -0.05) is 6.07 Å². The van der Waals surface area contributed by atoms with E-state index in [1.807, 2.05) is 19.2 Å². The van der Waals surface area contributed by atoms with Crippen molar-refractivity contribution in [3.05, 3.63) is 17.7 Å². The molecule has 2 rings (SSSR count). The van der Waals surface area contributed by atoms with Gasteiger partial charge in [-0.25, -0.2) is 0 Å². The number of methoxy groups -OCH3 is 3. The molecular formula is C16H25NO5. The predicted molar refractivity (Wildman–Crippen MR) is 83.0 cm³/mol. The number of hydrogen-bond acceptors (Lipinski definition) is 6. The first kappa shape index (κ1) is 16.9. The SMILES string of the molecule is COc1ccc(CN(C)CC2COCCO2)c(OC)c1OC. The highest BCUT2D eigenvalue weighted by Crippen LogP contribution is 2.40. The quantitative estimate of drug-likeness (QED) is 0.762. The Kier molecular flexibility index (Phi) is 6.30. The van der Waals surface area contributed by atoms with Crippen LogP contribution in [0.2, 0.25) is 0 Å². The molecule has 1 aliphatic heterocycles. The summed E-state index contributed by atoms with van der Waals surface area (Å²) in [6, 6.07) is 3.89. The Hall–Kier alpha value is -1.50. The molecule has 0 amide bonds. The van der Waals surface area contributed by atoms with Crippen LogP contribution in [0.25, 0.3) is 0 Å². The van der Waals surface area contributed by atoms with Crippen LogP contribution in [0.1, 0.15) is 5.56 Å². The van der Waals surface area contributed by atoms with Crippen LogP contribution in [0.5, 0.6) is 17.2 Å². The molecule has 0 spiro atoms. The summed E-state index contributed by atoms with van der Waals surface area (Å²) in [6.45, 7) is 3.52.